The van der Waals surface area contributed by atoms with Crippen LogP contribution in [0.1, 0.15) is 11.1 Å². The Balaban J connectivity index is 1.91. The Morgan fingerprint density at radius 1 is 1.27 bits per heavy atom. The Labute approximate surface area is 95.6 Å². The summed E-state index contributed by atoms with van der Waals surface area (Å²) in [4.78, 5) is 0. The number of morpholine rings is 1. The van der Waals surface area contributed by atoms with Gasteiger partial charge < -0.3 is 10.1 Å². The summed E-state index contributed by atoms with van der Waals surface area (Å²) in [5, 5.41) is 3.33. The fourth-order valence-electron chi connectivity index (χ4n) is 1.78. The third-order valence-electron chi connectivity index (χ3n) is 2.65. The van der Waals surface area contributed by atoms with E-state index in [2.05, 4.69) is 29.6 Å². The summed E-state index contributed by atoms with van der Waals surface area (Å²) in [6, 6.07) is 8.43. The van der Waals surface area contributed by atoms with Crippen molar-refractivity contribution in [3.8, 4) is 0 Å². The van der Waals surface area contributed by atoms with Gasteiger partial charge in [0.15, 0.2) is 0 Å². The number of halogens is 1. The summed E-state index contributed by atoms with van der Waals surface area (Å²) in [5.41, 5.74) is 2.49. The van der Waals surface area contributed by atoms with Crippen molar-refractivity contribution in [1.82, 2.24) is 5.32 Å². The smallest absolute Gasteiger partial charge is 0.0740 e. The molecule has 1 heterocycles. The Morgan fingerprint density at radius 3 is 2.60 bits per heavy atom. The van der Waals surface area contributed by atoms with Crippen molar-refractivity contribution in [1.29, 1.82) is 0 Å². The molecule has 2 nitrogen and oxygen atoms in total. The zero-order valence-electron chi connectivity index (χ0n) is 8.71. The second-order valence-corrected chi connectivity index (χ2v) is 4.12. The average Bonchev–Trinajstić information content (AvgIpc) is 2.31. The van der Waals surface area contributed by atoms with Gasteiger partial charge in [0, 0.05) is 19.0 Å². The summed E-state index contributed by atoms with van der Waals surface area (Å²) >= 11 is 5.74. The summed E-state index contributed by atoms with van der Waals surface area (Å²) in [6.07, 6.45) is 1.30. The molecule has 1 N–H and O–H groups in total. The number of rotatable bonds is 3. The molecule has 2 rings (SSSR count). The van der Waals surface area contributed by atoms with Crippen molar-refractivity contribution in [2.75, 3.05) is 19.7 Å². The van der Waals surface area contributed by atoms with Gasteiger partial charge in [-0.3, -0.25) is 0 Å². The van der Waals surface area contributed by atoms with Gasteiger partial charge in [-0.25, -0.2) is 0 Å². The van der Waals surface area contributed by atoms with Gasteiger partial charge >= 0.3 is 0 Å². The number of ether oxygens (including phenoxy) is 1. The fraction of sp³-hybridized carbons (Fsp3) is 0.500. The largest absolute Gasteiger partial charge is 0.375 e. The normalized spacial score (nSPS) is 21.5. The van der Waals surface area contributed by atoms with Crippen LogP contribution >= 0.6 is 11.6 Å². The third-order valence-corrected chi connectivity index (χ3v) is 2.95. The third kappa shape index (κ3) is 3.20. The van der Waals surface area contributed by atoms with Crippen LogP contribution in [-0.2, 0) is 17.0 Å². The number of nitrogens with one attached hydrogen (secondary N) is 1. The van der Waals surface area contributed by atoms with Crippen LogP contribution in [0, 0.1) is 0 Å². The van der Waals surface area contributed by atoms with Crippen molar-refractivity contribution < 1.29 is 4.74 Å². The maximum absolute atomic E-state index is 5.74. The zero-order chi connectivity index (χ0) is 10.5. The molecule has 1 aromatic rings. The first-order valence-corrected chi connectivity index (χ1v) is 5.88. The van der Waals surface area contributed by atoms with E-state index in [0.29, 0.717) is 12.0 Å². The first kappa shape index (κ1) is 10.9. The zero-order valence-corrected chi connectivity index (χ0v) is 9.46. The van der Waals surface area contributed by atoms with Crippen molar-refractivity contribution >= 4 is 11.6 Å². The van der Waals surface area contributed by atoms with Crippen molar-refractivity contribution in [2.24, 2.45) is 0 Å². The molecule has 1 aromatic carbocycles. The molecular formula is C12H16ClNO. The quantitative estimate of drug-likeness (QED) is 0.795. The van der Waals surface area contributed by atoms with Gasteiger partial charge in [0.05, 0.1) is 12.7 Å². The van der Waals surface area contributed by atoms with Crippen LogP contribution in [0.4, 0.5) is 0 Å². The highest BCUT2D eigenvalue weighted by atomic mass is 35.5. The molecule has 3 heteroatoms. The molecule has 0 spiro atoms. The van der Waals surface area contributed by atoms with Crippen molar-refractivity contribution in [3.05, 3.63) is 35.4 Å². The van der Waals surface area contributed by atoms with E-state index in [0.717, 1.165) is 26.1 Å². The van der Waals surface area contributed by atoms with Gasteiger partial charge in [-0.05, 0) is 17.5 Å². The topological polar surface area (TPSA) is 21.3 Å². The van der Waals surface area contributed by atoms with Gasteiger partial charge in [0.1, 0.15) is 0 Å². The standard InChI is InChI=1S/C12H16ClNO/c13-8-11-3-1-10(2-4-11)7-12-9-14-5-6-15-12/h1-4,12,14H,5-9H2. The lowest BCUT2D eigenvalue weighted by atomic mass is 10.1. The molecule has 1 atom stereocenters. The van der Waals surface area contributed by atoms with Gasteiger partial charge in [-0.1, -0.05) is 24.3 Å². The Kier molecular flexibility index (Phi) is 4.01. The van der Waals surface area contributed by atoms with E-state index in [1.54, 1.807) is 0 Å². The van der Waals surface area contributed by atoms with Crippen molar-refractivity contribution in [2.45, 2.75) is 18.4 Å². The molecule has 1 aliphatic rings. The van der Waals surface area contributed by atoms with Crippen LogP contribution in [-0.4, -0.2) is 25.8 Å². The molecule has 0 aromatic heterocycles. The van der Waals surface area contributed by atoms with Gasteiger partial charge in [0.2, 0.25) is 0 Å². The monoisotopic (exact) mass is 225 g/mol. The van der Waals surface area contributed by atoms with Crippen LogP contribution in [0.15, 0.2) is 24.3 Å². The summed E-state index contributed by atoms with van der Waals surface area (Å²) < 4.78 is 5.65. The fourth-order valence-corrected chi connectivity index (χ4v) is 1.96. The number of hydrogen-bond acceptors (Lipinski definition) is 2. The number of alkyl halides is 1. The lowest BCUT2D eigenvalue weighted by molar-refractivity contribution is 0.0292. The maximum Gasteiger partial charge on any atom is 0.0740 e. The number of benzene rings is 1. The Bertz CT molecular complexity index is 293. The highest BCUT2D eigenvalue weighted by molar-refractivity contribution is 6.17. The molecule has 15 heavy (non-hydrogen) atoms. The first-order valence-electron chi connectivity index (χ1n) is 5.34. The SMILES string of the molecule is ClCc1ccc(CC2CNCCO2)cc1. The maximum atomic E-state index is 5.74. The molecule has 82 valence electrons. The highest BCUT2D eigenvalue weighted by Gasteiger charge is 2.13. The minimum Gasteiger partial charge on any atom is -0.375 e. The lowest BCUT2D eigenvalue weighted by Crippen LogP contribution is -2.39. The van der Waals surface area contributed by atoms with E-state index < -0.39 is 0 Å². The first-order chi connectivity index (χ1) is 7.38. The second kappa shape index (κ2) is 5.50. The van der Waals surface area contributed by atoms with E-state index >= 15 is 0 Å². The second-order valence-electron chi connectivity index (χ2n) is 3.85. The highest BCUT2D eigenvalue weighted by Crippen LogP contribution is 2.10. The Hall–Kier alpha value is -0.570. The lowest BCUT2D eigenvalue weighted by Gasteiger charge is -2.23. The van der Waals surface area contributed by atoms with Gasteiger partial charge in [0.25, 0.3) is 0 Å². The predicted molar refractivity (Wildman–Crippen MR) is 62.3 cm³/mol. The van der Waals surface area contributed by atoms with Crippen molar-refractivity contribution in [3.63, 3.8) is 0 Å². The van der Waals surface area contributed by atoms with Gasteiger partial charge in [-0.15, -0.1) is 11.6 Å². The minimum atomic E-state index is 0.320. The molecule has 0 aliphatic carbocycles. The average molecular weight is 226 g/mol. The molecule has 0 amide bonds. The summed E-state index contributed by atoms with van der Waals surface area (Å²) in [7, 11) is 0. The van der Waals surface area contributed by atoms with Gasteiger partial charge in [-0.2, -0.15) is 0 Å². The van der Waals surface area contributed by atoms with Crippen LogP contribution < -0.4 is 5.32 Å². The van der Waals surface area contributed by atoms with Crippen LogP contribution in [0.25, 0.3) is 0 Å². The molecular weight excluding hydrogens is 210 g/mol. The molecule has 0 saturated carbocycles. The molecule has 1 fully saturated rings. The summed E-state index contributed by atoms with van der Waals surface area (Å²) in [6.45, 7) is 2.75. The molecule has 0 radical (unpaired) electrons. The summed E-state index contributed by atoms with van der Waals surface area (Å²) in [5.74, 6) is 0.585. The minimum absolute atomic E-state index is 0.320. The van der Waals surface area contributed by atoms with Crippen LogP contribution in [0.5, 0.6) is 0 Å². The van der Waals surface area contributed by atoms with E-state index in [9.17, 15) is 0 Å². The van der Waals surface area contributed by atoms with E-state index in [-0.39, 0.29) is 0 Å². The van der Waals surface area contributed by atoms with E-state index in [1.165, 1.54) is 11.1 Å². The molecule has 0 bridgehead atoms. The molecule has 1 saturated heterocycles. The Morgan fingerprint density at radius 2 is 2.00 bits per heavy atom. The molecule has 1 aliphatic heterocycles. The van der Waals surface area contributed by atoms with Crippen LogP contribution in [0.2, 0.25) is 0 Å². The number of hydrogen-bond donors (Lipinski definition) is 1. The van der Waals surface area contributed by atoms with E-state index in [4.69, 9.17) is 16.3 Å². The van der Waals surface area contributed by atoms with E-state index in [1.807, 2.05) is 0 Å². The van der Waals surface area contributed by atoms with Crippen LogP contribution in [0.3, 0.4) is 0 Å². The predicted octanol–water partition coefficient (Wildman–Crippen LogP) is 1.96. The molecule has 1 unspecified atom stereocenters.